The summed E-state index contributed by atoms with van der Waals surface area (Å²) in [5, 5.41) is 6.60. The standard InChI is InChI=1S/C17H18Cl2N2O4/c1-23-14-7-11(8-15(24-2)17(14)25-3)21-16(22)9-20-10-4-5-12(18)13(19)6-10/h4-8,20H,9H2,1-3H3,(H,21,22). The quantitative estimate of drug-likeness (QED) is 0.752. The van der Waals surface area contributed by atoms with E-state index in [0.717, 1.165) is 0 Å². The van der Waals surface area contributed by atoms with Crippen LogP contribution in [0.2, 0.25) is 10.0 Å². The average molecular weight is 385 g/mol. The van der Waals surface area contributed by atoms with Crippen molar-refractivity contribution in [3.63, 3.8) is 0 Å². The second-order valence-electron chi connectivity index (χ2n) is 4.94. The molecule has 0 unspecified atom stereocenters. The van der Waals surface area contributed by atoms with Crippen LogP contribution in [0.1, 0.15) is 0 Å². The first-order valence-electron chi connectivity index (χ1n) is 7.27. The highest BCUT2D eigenvalue weighted by molar-refractivity contribution is 6.42. The molecular weight excluding hydrogens is 367 g/mol. The summed E-state index contributed by atoms with van der Waals surface area (Å²) < 4.78 is 15.8. The maximum absolute atomic E-state index is 12.1. The van der Waals surface area contributed by atoms with Crippen LogP contribution >= 0.6 is 23.2 Å². The van der Waals surface area contributed by atoms with E-state index >= 15 is 0 Å². The Morgan fingerprint density at radius 1 is 0.920 bits per heavy atom. The summed E-state index contributed by atoms with van der Waals surface area (Å²) in [6, 6.07) is 8.34. The monoisotopic (exact) mass is 384 g/mol. The number of rotatable bonds is 7. The van der Waals surface area contributed by atoms with Gasteiger partial charge in [0.1, 0.15) is 0 Å². The Balaban J connectivity index is 2.05. The Kier molecular flexibility index (Phi) is 6.61. The zero-order chi connectivity index (χ0) is 18.4. The number of halogens is 2. The van der Waals surface area contributed by atoms with Gasteiger partial charge in [0.2, 0.25) is 11.7 Å². The molecule has 2 rings (SSSR count). The number of nitrogens with one attached hydrogen (secondary N) is 2. The molecule has 1 amide bonds. The van der Waals surface area contributed by atoms with Crippen LogP contribution in [0.5, 0.6) is 17.2 Å². The summed E-state index contributed by atoms with van der Waals surface area (Å²) in [5.41, 5.74) is 1.21. The van der Waals surface area contributed by atoms with Crippen LogP contribution in [0.25, 0.3) is 0 Å². The maximum atomic E-state index is 12.1. The van der Waals surface area contributed by atoms with Crippen molar-refractivity contribution in [2.24, 2.45) is 0 Å². The zero-order valence-corrected chi connectivity index (χ0v) is 15.5. The number of methoxy groups -OCH3 is 3. The van der Waals surface area contributed by atoms with Crippen LogP contribution in [0.15, 0.2) is 30.3 Å². The number of amides is 1. The molecule has 0 heterocycles. The fraction of sp³-hybridized carbons (Fsp3) is 0.235. The van der Waals surface area contributed by atoms with Gasteiger partial charge in [-0.1, -0.05) is 23.2 Å². The van der Waals surface area contributed by atoms with Crippen molar-refractivity contribution in [3.8, 4) is 17.2 Å². The molecule has 6 nitrogen and oxygen atoms in total. The molecule has 0 saturated heterocycles. The molecule has 2 aromatic rings. The van der Waals surface area contributed by atoms with E-state index in [1.165, 1.54) is 21.3 Å². The van der Waals surface area contributed by atoms with Gasteiger partial charge in [-0.05, 0) is 18.2 Å². The highest BCUT2D eigenvalue weighted by Gasteiger charge is 2.14. The van der Waals surface area contributed by atoms with Gasteiger partial charge in [-0.25, -0.2) is 0 Å². The van der Waals surface area contributed by atoms with Crippen molar-refractivity contribution < 1.29 is 19.0 Å². The summed E-state index contributed by atoms with van der Waals surface area (Å²) in [6.45, 7) is 0.0502. The van der Waals surface area contributed by atoms with Crippen LogP contribution in [0, 0.1) is 0 Å². The Morgan fingerprint density at radius 2 is 1.56 bits per heavy atom. The minimum Gasteiger partial charge on any atom is -0.493 e. The fourth-order valence-electron chi connectivity index (χ4n) is 2.15. The minimum atomic E-state index is -0.250. The molecule has 25 heavy (non-hydrogen) atoms. The van der Waals surface area contributed by atoms with Crippen LogP contribution in [-0.2, 0) is 4.79 Å². The number of carbonyl (C=O) groups is 1. The molecule has 0 aromatic heterocycles. The molecule has 134 valence electrons. The first-order valence-corrected chi connectivity index (χ1v) is 8.02. The van der Waals surface area contributed by atoms with Gasteiger partial charge in [-0.2, -0.15) is 0 Å². The number of benzene rings is 2. The third-order valence-electron chi connectivity index (χ3n) is 3.32. The number of ether oxygens (including phenoxy) is 3. The van der Waals surface area contributed by atoms with E-state index in [1.54, 1.807) is 30.3 Å². The molecule has 0 saturated carbocycles. The highest BCUT2D eigenvalue weighted by atomic mass is 35.5. The second kappa shape index (κ2) is 8.69. The van der Waals surface area contributed by atoms with Crippen molar-refractivity contribution in [2.45, 2.75) is 0 Å². The molecule has 0 fully saturated rings. The molecule has 0 radical (unpaired) electrons. The largest absolute Gasteiger partial charge is 0.493 e. The first kappa shape index (κ1) is 19.0. The fourth-order valence-corrected chi connectivity index (χ4v) is 2.44. The maximum Gasteiger partial charge on any atom is 0.243 e. The molecule has 0 aliphatic rings. The van der Waals surface area contributed by atoms with E-state index < -0.39 is 0 Å². The van der Waals surface area contributed by atoms with E-state index in [1.807, 2.05) is 0 Å². The van der Waals surface area contributed by atoms with Gasteiger partial charge in [0.05, 0.1) is 37.9 Å². The summed E-state index contributed by atoms with van der Waals surface area (Å²) in [4.78, 5) is 12.1. The van der Waals surface area contributed by atoms with Gasteiger partial charge in [-0.15, -0.1) is 0 Å². The molecule has 0 aliphatic heterocycles. The molecular formula is C17H18Cl2N2O4. The van der Waals surface area contributed by atoms with Gasteiger partial charge in [0, 0.05) is 23.5 Å². The Morgan fingerprint density at radius 3 is 2.08 bits per heavy atom. The smallest absolute Gasteiger partial charge is 0.243 e. The molecule has 2 aromatic carbocycles. The summed E-state index contributed by atoms with van der Waals surface area (Å²) in [5.74, 6) is 1.11. The lowest BCUT2D eigenvalue weighted by atomic mass is 10.2. The predicted molar refractivity (Wildman–Crippen MR) is 99.7 cm³/mol. The predicted octanol–water partition coefficient (Wildman–Crippen LogP) is 4.07. The van der Waals surface area contributed by atoms with Gasteiger partial charge < -0.3 is 24.8 Å². The van der Waals surface area contributed by atoms with Crippen LogP contribution in [-0.4, -0.2) is 33.8 Å². The summed E-state index contributed by atoms with van der Waals surface area (Å²) in [7, 11) is 4.53. The van der Waals surface area contributed by atoms with Crippen molar-refractivity contribution in [3.05, 3.63) is 40.4 Å². The van der Waals surface area contributed by atoms with E-state index in [0.29, 0.717) is 38.7 Å². The molecule has 0 bridgehead atoms. The minimum absolute atomic E-state index is 0.0502. The number of hydrogen-bond donors (Lipinski definition) is 2. The van der Waals surface area contributed by atoms with E-state index in [4.69, 9.17) is 37.4 Å². The van der Waals surface area contributed by atoms with E-state index in [-0.39, 0.29) is 12.5 Å². The van der Waals surface area contributed by atoms with Crippen LogP contribution < -0.4 is 24.8 Å². The lowest BCUT2D eigenvalue weighted by Crippen LogP contribution is -2.21. The van der Waals surface area contributed by atoms with Gasteiger partial charge in [-0.3, -0.25) is 4.79 Å². The van der Waals surface area contributed by atoms with Gasteiger partial charge in [0.15, 0.2) is 11.5 Å². The number of anilines is 2. The van der Waals surface area contributed by atoms with E-state index in [2.05, 4.69) is 10.6 Å². The lowest BCUT2D eigenvalue weighted by Gasteiger charge is -2.15. The van der Waals surface area contributed by atoms with Crippen molar-refractivity contribution in [2.75, 3.05) is 38.5 Å². The van der Waals surface area contributed by atoms with Crippen LogP contribution in [0.3, 0.4) is 0 Å². The number of hydrogen-bond acceptors (Lipinski definition) is 5. The molecule has 0 aliphatic carbocycles. The molecule has 2 N–H and O–H groups in total. The highest BCUT2D eigenvalue weighted by Crippen LogP contribution is 2.39. The SMILES string of the molecule is COc1cc(NC(=O)CNc2ccc(Cl)c(Cl)c2)cc(OC)c1OC. The second-order valence-corrected chi connectivity index (χ2v) is 5.76. The number of carbonyl (C=O) groups excluding carboxylic acids is 1. The summed E-state index contributed by atoms with van der Waals surface area (Å²) >= 11 is 11.8. The van der Waals surface area contributed by atoms with Crippen molar-refractivity contribution >= 4 is 40.5 Å². The van der Waals surface area contributed by atoms with Crippen molar-refractivity contribution in [1.82, 2.24) is 0 Å². The molecule has 0 spiro atoms. The summed E-state index contributed by atoms with van der Waals surface area (Å²) in [6.07, 6.45) is 0. The third-order valence-corrected chi connectivity index (χ3v) is 4.06. The molecule has 0 atom stereocenters. The normalized spacial score (nSPS) is 10.1. The molecule has 8 heteroatoms. The van der Waals surface area contributed by atoms with Crippen LogP contribution in [0.4, 0.5) is 11.4 Å². The Labute approximate surface area is 156 Å². The van der Waals surface area contributed by atoms with E-state index in [9.17, 15) is 4.79 Å². The van der Waals surface area contributed by atoms with Crippen molar-refractivity contribution in [1.29, 1.82) is 0 Å². The Bertz CT molecular complexity index is 743. The van der Waals surface area contributed by atoms with Gasteiger partial charge in [0.25, 0.3) is 0 Å². The first-order chi connectivity index (χ1) is 12.0. The van der Waals surface area contributed by atoms with Gasteiger partial charge >= 0.3 is 0 Å². The lowest BCUT2D eigenvalue weighted by molar-refractivity contribution is -0.114. The zero-order valence-electron chi connectivity index (χ0n) is 14.0. The topological polar surface area (TPSA) is 68.8 Å². The Hall–Kier alpha value is -2.31. The average Bonchev–Trinajstić information content (AvgIpc) is 2.61. The third kappa shape index (κ3) is 4.84.